The monoisotopic (exact) mass is 872 g/mol. The molecular weight excluding hydrogens is 829 g/mol. The van der Waals surface area contributed by atoms with Gasteiger partial charge in [-0.15, -0.1) is 0 Å². The summed E-state index contributed by atoms with van der Waals surface area (Å²) in [4.78, 5) is 4.62. The Balaban J connectivity index is 1.02. The molecule has 13 rings (SSSR count). The van der Waals surface area contributed by atoms with Crippen molar-refractivity contribution in [3.8, 4) is 22.3 Å². The number of hydrogen-bond donors (Lipinski definition) is 0. The average Bonchev–Trinajstić information content (AvgIpc) is 3.98. The molecule has 0 spiro atoms. The van der Waals surface area contributed by atoms with Gasteiger partial charge in [0, 0.05) is 82.2 Å². The smallest absolute Gasteiger partial charge is 0.101 e. The molecule has 6 nitrogen and oxygen atoms in total. The molecule has 0 fully saturated rings. The number of fused-ring (bicyclic) bond motifs is 10. The molecule has 0 saturated carbocycles. The van der Waals surface area contributed by atoms with Crippen LogP contribution in [0.15, 0.2) is 231 Å². The molecule has 0 aliphatic carbocycles. The maximum atomic E-state index is 5.13. The van der Waals surface area contributed by atoms with Gasteiger partial charge in [-0.25, -0.2) is 0 Å². The minimum atomic E-state index is 0.997. The number of aromatic nitrogens is 4. The van der Waals surface area contributed by atoms with E-state index in [4.69, 9.17) is 10.2 Å². The Morgan fingerprint density at radius 2 is 0.632 bits per heavy atom. The van der Waals surface area contributed by atoms with Crippen molar-refractivity contribution in [2.24, 2.45) is 14.1 Å². The summed E-state index contributed by atoms with van der Waals surface area (Å²) in [7, 11) is 4.02. The molecule has 13 aromatic rings. The van der Waals surface area contributed by atoms with Gasteiger partial charge >= 0.3 is 0 Å². The molecular formula is C62H44N6. The van der Waals surface area contributed by atoms with E-state index in [0.717, 1.165) is 88.6 Å². The molecule has 0 aliphatic heterocycles. The molecule has 0 atom stereocenters. The molecule has 2 heterocycles. The molecule has 11 aromatic carbocycles. The highest BCUT2D eigenvalue weighted by Crippen LogP contribution is 2.45. The summed E-state index contributed by atoms with van der Waals surface area (Å²) in [5, 5.41) is 21.8. The third-order valence-corrected chi connectivity index (χ3v) is 13.5. The van der Waals surface area contributed by atoms with E-state index in [2.05, 4.69) is 241 Å². The molecule has 6 heteroatoms. The van der Waals surface area contributed by atoms with Gasteiger partial charge in [0.15, 0.2) is 0 Å². The Bertz CT molecular complexity index is 3670. The van der Waals surface area contributed by atoms with Crippen LogP contribution in [0.5, 0.6) is 0 Å². The van der Waals surface area contributed by atoms with Gasteiger partial charge in [0.2, 0.25) is 0 Å². The van der Waals surface area contributed by atoms with Gasteiger partial charge in [-0.3, -0.25) is 9.36 Å². The van der Waals surface area contributed by atoms with Crippen molar-refractivity contribution in [2.45, 2.75) is 0 Å². The fraction of sp³-hybridized carbons (Fsp3) is 0.0323. The number of aryl methyl sites for hydroxylation is 2. The Kier molecular flexibility index (Phi) is 9.18. The van der Waals surface area contributed by atoms with Gasteiger partial charge in [-0.2, -0.15) is 10.2 Å². The molecule has 0 unspecified atom stereocenters. The van der Waals surface area contributed by atoms with Gasteiger partial charge in [0.25, 0.3) is 0 Å². The third-order valence-electron chi connectivity index (χ3n) is 13.5. The predicted molar refractivity (Wildman–Crippen MR) is 285 cm³/mol. The van der Waals surface area contributed by atoms with Crippen molar-refractivity contribution in [1.29, 1.82) is 0 Å². The predicted octanol–water partition coefficient (Wildman–Crippen LogP) is 16.3. The second-order valence-electron chi connectivity index (χ2n) is 17.7. The fourth-order valence-electron chi connectivity index (χ4n) is 10.4. The lowest BCUT2D eigenvalue weighted by atomic mass is 9.87. The van der Waals surface area contributed by atoms with Gasteiger partial charge in [0.1, 0.15) is 11.0 Å². The number of nitrogens with zero attached hydrogens (tertiary/aromatic N) is 6. The second kappa shape index (κ2) is 15.9. The number of hydrogen-bond acceptors (Lipinski definition) is 4. The molecule has 0 amide bonds. The van der Waals surface area contributed by atoms with Crippen LogP contribution in [0.4, 0.5) is 34.1 Å². The average molecular weight is 873 g/mol. The first kappa shape index (κ1) is 39.4. The maximum Gasteiger partial charge on any atom is 0.101 e. The van der Waals surface area contributed by atoms with E-state index in [1.54, 1.807) is 0 Å². The van der Waals surface area contributed by atoms with Crippen LogP contribution < -0.4 is 9.80 Å². The molecule has 0 N–H and O–H groups in total. The van der Waals surface area contributed by atoms with Gasteiger partial charge in [-0.1, -0.05) is 121 Å². The first-order chi connectivity index (χ1) is 33.5. The maximum absolute atomic E-state index is 5.13. The quantitative estimate of drug-likeness (QED) is 0.113. The van der Waals surface area contributed by atoms with Crippen LogP contribution in [-0.2, 0) is 14.1 Å². The van der Waals surface area contributed by atoms with Crippen LogP contribution in [0.2, 0.25) is 0 Å². The van der Waals surface area contributed by atoms with Gasteiger partial charge in [0.05, 0.1) is 0 Å². The van der Waals surface area contributed by atoms with E-state index < -0.39 is 0 Å². The summed E-state index contributed by atoms with van der Waals surface area (Å²) in [6, 6.07) is 78.9. The van der Waals surface area contributed by atoms with E-state index in [9.17, 15) is 0 Å². The minimum absolute atomic E-state index is 0.997. The van der Waals surface area contributed by atoms with Crippen molar-refractivity contribution < 1.29 is 0 Å². The summed E-state index contributed by atoms with van der Waals surface area (Å²) in [6.07, 6.45) is 4.24. The lowest BCUT2D eigenvalue weighted by Crippen LogP contribution is -2.09. The second-order valence-corrected chi connectivity index (χ2v) is 17.7. The van der Waals surface area contributed by atoms with Crippen LogP contribution in [0.3, 0.4) is 0 Å². The zero-order chi connectivity index (χ0) is 45.3. The minimum Gasteiger partial charge on any atom is -0.311 e. The lowest BCUT2D eigenvalue weighted by Gasteiger charge is -2.25. The van der Waals surface area contributed by atoms with E-state index in [1.807, 2.05) is 23.5 Å². The zero-order valence-corrected chi connectivity index (χ0v) is 37.6. The summed E-state index contributed by atoms with van der Waals surface area (Å²) in [6.45, 7) is 0. The largest absolute Gasteiger partial charge is 0.311 e. The Morgan fingerprint density at radius 3 is 0.971 bits per heavy atom. The standard InChI is InChI=1S/C62H44N6/c1-65-39-43-27-33-53-55(41-23-29-51(30-24-41)67(47-15-7-3-8-16-47)48-17-9-4-10-18-48)35-45-38-58-46(37-57(45)59(53)61(43)63-65)36-56(54-34-28-44-40-66(2)64-62(44)60(54)58)42-25-31-52(32-26-42)68(49-19-11-5-12-20-49)50-21-13-6-14-22-50/h3-40H,1-2H3. The summed E-state index contributed by atoms with van der Waals surface area (Å²) in [5.41, 5.74) is 13.2. The molecule has 0 radical (unpaired) electrons. The highest BCUT2D eigenvalue weighted by atomic mass is 15.2. The SMILES string of the molecule is Cn1cc2ccc3c(-c4ccc(N(c5ccccc5)c5ccccc5)cc4)cc4cc5c(cc(-c6ccc(N(c7ccccc7)c7ccccc7)cc6)c6ccc7cn(C)nc7c65)cc4c3c2n1. The van der Waals surface area contributed by atoms with E-state index in [0.29, 0.717) is 0 Å². The third kappa shape index (κ3) is 6.57. The highest BCUT2D eigenvalue weighted by molar-refractivity contribution is 6.29. The summed E-state index contributed by atoms with van der Waals surface area (Å²) < 4.78 is 3.87. The normalized spacial score (nSPS) is 11.7. The summed E-state index contributed by atoms with van der Waals surface area (Å²) >= 11 is 0. The van der Waals surface area contributed by atoms with Crippen LogP contribution in [-0.4, -0.2) is 19.6 Å². The van der Waals surface area contributed by atoms with Crippen molar-refractivity contribution in [2.75, 3.05) is 9.80 Å². The number of para-hydroxylation sites is 4. The molecule has 0 aliphatic rings. The van der Waals surface area contributed by atoms with Gasteiger partial charge < -0.3 is 9.80 Å². The van der Waals surface area contributed by atoms with E-state index >= 15 is 0 Å². The van der Waals surface area contributed by atoms with Crippen molar-refractivity contribution >= 4 is 99.0 Å². The van der Waals surface area contributed by atoms with Crippen LogP contribution in [0.25, 0.3) is 87.1 Å². The van der Waals surface area contributed by atoms with Crippen LogP contribution in [0, 0.1) is 0 Å². The zero-order valence-electron chi connectivity index (χ0n) is 37.6. The highest BCUT2D eigenvalue weighted by Gasteiger charge is 2.20. The van der Waals surface area contributed by atoms with Crippen molar-refractivity contribution in [3.63, 3.8) is 0 Å². The molecule has 0 saturated heterocycles. The van der Waals surface area contributed by atoms with Crippen LogP contribution in [0.1, 0.15) is 0 Å². The molecule has 68 heavy (non-hydrogen) atoms. The van der Waals surface area contributed by atoms with E-state index in [-0.39, 0.29) is 0 Å². The Morgan fingerprint density at radius 1 is 0.309 bits per heavy atom. The number of rotatable bonds is 8. The number of benzene rings is 11. The molecule has 0 bridgehead atoms. The fourth-order valence-corrected chi connectivity index (χ4v) is 10.4. The number of anilines is 6. The first-order valence-electron chi connectivity index (χ1n) is 23.1. The van der Waals surface area contributed by atoms with Crippen molar-refractivity contribution in [1.82, 2.24) is 19.6 Å². The Labute approximate surface area is 393 Å². The topological polar surface area (TPSA) is 42.1 Å². The molecule has 322 valence electrons. The van der Waals surface area contributed by atoms with Gasteiger partial charge in [-0.05, 0) is 152 Å². The van der Waals surface area contributed by atoms with Crippen LogP contribution >= 0.6 is 0 Å². The van der Waals surface area contributed by atoms with Crippen molar-refractivity contribution in [3.05, 3.63) is 231 Å². The molecule has 2 aromatic heterocycles. The summed E-state index contributed by atoms with van der Waals surface area (Å²) in [5.74, 6) is 0. The first-order valence-corrected chi connectivity index (χ1v) is 23.1. The van der Waals surface area contributed by atoms with E-state index in [1.165, 1.54) is 32.7 Å². The lowest BCUT2D eigenvalue weighted by molar-refractivity contribution is 0.780. The Hall–Kier alpha value is -9.00.